The van der Waals surface area contributed by atoms with Gasteiger partial charge in [0.25, 0.3) is 0 Å². The van der Waals surface area contributed by atoms with Crippen molar-refractivity contribution >= 4 is 17.7 Å². The van der Waals surface area contributed by atoms with Crippen molar-refractivity contribution in [1.82, 2.24) is 15.1 Å². The molecule has 0 saturated heterocycles. The molecule has 0 saturated carbocycles. The van der Waals surface area contributed by atoms with Gasteiger partial charge in [-0.2, -0.15) is 5.10 Å². The van der Waals surface area contributed by atoms with E-state index in [0.717, 1.165) is 35.9 Å². The summed E-state index contributed by atoms with van der Waals surface area (Å²) in [6.07, 6.45) is 1.76. The molecule has 0 spiro atoms. The average Bonchev–Trinajstić information content (AvgIpc) is 2.72. The van der Waals surface area contributed by atoms with Crippen LogP contribution in [0.4, 0.5) is 0 Å². The number of nitrogens with zero attached hydrogens (tertiary/aromatic N) is 2. The van der Waals surface area contributed by atoms with Crippen molar-refractivity contribution in [2.45, 2.75) is 44.7 Å². The molecule has 1 aromatic rings. The van der Waals surface area contributed by atoms with Crippen LogP contribution in [0.1, 0.15) is 32.4 Å². The fraction of sp³-hybridized carbons (Fsp3) is 0.714. The molecule has 0 aliphatic carbocycles. The normalized spacial score (nSPS) is 12.4. The molecule has 0 aliphatic heterocycles. The van der Waals surface area contributed by atoms with Crippen LogP contribution in [-0.4, -0.2) is 40.7 Å². The number of carbonyl (C=O) groups is 1. The summed E-state index contributed by atoms with van der Waals surface area (Å²) in [5.41, 5.74) is 1.01. The largest absolute Gasteiger partial charge is 0.465 e. The Labute approximate surface area is 125 Å². The smallest absolute Gasteiger partial charge is 0.323 e. The molecule has 0 bridgehead atoms. The van der Waals surface area contributed by atoms with Gasteiger partial charge in [-0.15, -0.1) is 11.8 Å². The monoisotopic (exact) mass is 299 g/mol. The number of aryl methyl sites for hydroxylation is 2. The molecule has 1 atom stereocenters. The van der Waals surface area contributed by atoms with Gasteiger partial charge in [-0.1, -0.05) is 6.92 Å². The Morgan fingerprint density at radius 1 is 1.55 bits per heavy atom. The summed E-state index contributed by atoms with van der Waals surface area (Å²) in [6.45, 7) is 7.16. The standard InChI is InChI=1S/C14H25N3O2S/c1-5-8-15-12(14(18)19-6-2)7-9-20-13-10-11(3)16-17(13)4/h10,12,15H,5-9H2,1-4H3. The molecule has 1 N–H and O–H groups in total. The van der Waals surface area contributed by atoms with Crippen molar-refractivity contribution in [1.29, 1.82) is 0 Å². The lowest BCUT2D eigenvalue weighted by molar-refractivity contribution is -0.145. The zero-order valence-corrected chi connectivity index (χ0v) is 13.6. The van der Waals surface area contributed by atoms with Crippen molar-refractivity contribution in [2.75, 3.05) is 18.9 Å². The van der Waals surface area contributed by atoms with Gasteiger partial charge in [-0.3, -0.25) is 9.48 Å². The third kappa shape index (κ3) is 5.54. The van der Waals surface area contributed by atoms with Gasteiger partial charge in [0, 0.05) is 12.8 Å². The van der Waals surface area contributed by atoms with Gasteiger partial charge in [0.05, 0.1) is 17.3 Å². The Hall–Kier alpha value is -1.01. The molecule has 0 aromatic carbocycles. The number of hydrogen-bond donors (Lipinski definition) is 1. The predicted octanol–water partition coefficient (Wildman–Crippen LogP) is 2.14. The van der Waals surface area contributed by atoms with Crippen LogP contribution in [0, 0.1) is 6.92 Å². The lowest BCUT2D eigenvalue weighted by Gasteiger charge is -2.16. The van der Waals surface area contributed by atoms with E-state index in [1.165, 1.54) is 0 Å². The lowest BCUT2D eigenvalue weighted by atomic mass is 10.2. The maximum absolute atomic E-state index is 11.9. The van der Waals surface area contributed by atoms with Crippen molar-refractivity contribution in [2.24, 2.45) is 7.05 Å². The second-order valence-corrected chi connectivity index (χ2v) is 5.76. The van der Waals surface area contributed by atoms with Crippen LogP contribution in [0.5, 0.6) is 0 Å². The van der Waals surface area contributed by atoms with E-state index in [-0.39, 0.29) is 12.0 Å². The number of aromatic nitrogens is 2. The van der Waals surface area contributed by atoms with Gasteiger partial charge >= 0.3 is 5.97 Å². The summed E-state index contributed by atoms with van der Waals surface area (Å²) >= 11 is 1.72. The van der Waals surface area contributed by atoms with Gasteiger partial charge in [0.2, 0.25) is 0 Å². The molecule has 1 heterocycles. The molecule has 1 rings (SSSR count). The highest BCUT2D eigenvalue weighted by atomic mass is 32.2. The Kier molecular flexibility index (Phi) is 7.69. The summed E-state index contributed by atoms with van der Waals surface area (Å²) < 4.78 is 6.98. The quantitative estimate of drug-likeness (QED) is 0.559. The van der Waals surface area contributed by atoms with Crippen LogP contribution in [-0.2, 0) is 16.6 Å². The summed E-state index contributed by atoms with van der Waals surface area (Å²) in [5.74, 6) is 0.710. The molecule has 0 radical (unpaired) electrons. The summed E-state index contributed by atoms with van der Waals surface area (Å²) in [5, 5.41) is 8.69. The van der Waals surface area contributed by atoms with Crippen LogP contribution >= 0.6 is 11.8 Å². The van der Waals surface area contributed by atoms with Crippen LogP contribution in [0.25, 0.3) is 0 Å². The van der Waals surface area contributed by atoms with Gasteiger partial charge in [-0.25, -0.2) is 0 Å². The third-order valence-corrected chi connectivity index (χ3v) is 3.95. The molecule has 0 fully saturated rings. The highest BCUT2D eigenvalue weighted by Crippen LogP contribution is 2.19. The minimum Gasteiger partial charge on any atom is -0.465 e. The van der Waals surface area contributed by atoms with E-state index in [4.69, 9.17) is 4.74 Å². The summed E-state index contributed by atoms with van der Waals surface area (Å²) in [7, 11) is 1.94. The first-order chi connectivity index (χ1) is 9.58. The first-order valence-corrected chi connectivity index (χ1v) is 8.10. The van der Waals surface area contributed by atoms with Gasteiger partial charge < -0.3 is 10.1 Å². The van der Waals surface area contributed by atoms with Gasteiger partial charge in [-0.05, 0) is 39.3 Å². The molecule has 5 nitrogen and oxygen atoms in total. The van der Waals surface area contributed by atoms with Crippen molar-refractivity contribution in [3.63, 3.8) is 0 Å². The maximum Gasteiger partial charge on any atom is 0.323 e. The van der Waals surface area contributed by atoms with Crippen molar-refractivity contribution in [3.05, 3.63) is 11.8 Å². The fourth-order valence-electron chi connectivity index (χ4n) is 1.87. The highest BCUT2D eigenvalue weighted by Gasteiger charge is 2.18. The molecule has 6 heteroatoms. The van der Waals surface area contributed by atoms with Gasteiger partial charge in [0.15, 0.2) is 0 Å². The minimum atomic E-state index is -0.211. The number of carbonyl (C=O) groups excluding carboxylic acids is 1. The topological polar surface area (TPSA) is 56.2 Å². The van der Waals surface area contributed by atoms with E-state index in [9.17, 15) is 4.79 Å². The van der Waals surface area contributed by atoms with E-state index in [2.05, 4.69) is 23.4 Å². The fourth-order valence-corrected chi connectivity index (χ4v) is 2.91. The zero-order valence-electron chi connectivity index (χ0n) is 12.8. The van der Waals surface area contributed by atoms with Crippen LogP contribution < -0.4 is 5.32 Å². The zero-order chi connectivity index (χ0) is 15.0. The summed E-state index contributed by atoms with van der Waals surface area (Å²) in [4.78, 5) is 11.9. The molecule has 0 amide bonds. The molecule has 114 valence electrons. The number of ether oxygens (including phenoxy) is 1. The van der Waals surface area contributed by atoms with Gasteiger partial charge in [0.1, 0.15) is 6.04 Å². The molecule has 0 aliphatic rings. The molecule has 1 aromatic heterocycles. The van der Waals surface area contributed by atoms with Crippen LogP contribution in [0.3, 0.4) is 0 Å². The number of nitrogens with one attached hydrogen (secondary N) is 1. The van der Waals surface area contributed by atoms with Crippen molar-refractivity contribution in [3.8, 4) is 0 Å². The minimum absolute atomic E-state index is 0.150. The second-order valence-electron chi connectivity index (χ2n) is 4.64. The Morgan fingerprint density at radius 2 is 2.30 bits per heavy atom. The van der Waals surface area contributed by atoms with Crippen LogP contribution in [0.2, 0.25) is 0 Å². The third-order valence-electron chi connectivity index (χ3n) is 2.83. The molecular weight excluding hydrogens is 274 g/mol. The van der Waals surface area contributed by atoms with E-state index < -0.39 is 0 Å². The molecule has 20 heavy (non-hydrogen) atoms. The average molecular weight is 299 g/mol. The first kappa shape index (κ1) is 17.0. The highest BCUT2D eigenvalue weighted by molar-refractivity contribution is 7.99. The lowest BCUT2D eigenvalue weighted by Crippen LogP contribution is -2.39. The molecule has 1 unspecified atom stereocenters. The van der Waals surface area contributed by atoms with E-state index in [1.54, 1.807) is 11.8 Å². The molecular formula is C14H25N3O2S. The van der Waals surface area contributed by atoms with Crippen LogP contribution in [0.15, 0.2) is 11.1 Å². The number of esters is 1. The second kappa shape index (κ2) is 9.02. The number of rotatable bonds is 9. The van der Waals surface area contributed by atoms with E-state index >= 15 is 0 Å². The van der Waals surface area contributed by atoms with E-state index in [0.29, 0.717) is 6.61 Å². The SMILES string of the molecule is CCCNC(CCSc1cc(C)nn1C)C(=O)OCC. The van der Waals surface area contributed by atoms with E-state index in [1.807, 2.05) is 25.6 Å². The number of hydrogen-bond acceptors (Lipinski definition) is 5. The number of thioether (sulfide) groups is 1. The van der Waals surface area contributed by atoms with Crippen molar-refractivity contribution < 1.29 is 9.53 Å². The Morgan fingerprint density at radius 3 is 2.85 bits per heavy atom. The Balaban J connectivity index is 2.44. The Bertz CT molecular complexity index is 421. The predicted molar refractivity (Wildman–Crippen MR) is 82.0 cm³/mol. The summed E-state index contributed by atoms with van der Waals surface area (Å²) in [6, 6.07) is 1.85. The first-order valence-electron chi connectivity index (χ1n) is 7.11. The maximum atomic E-state index is 11.9.